The number of carbonyl (C=O) groups excluding carboxylic acids is 4. The van der Waals surface area contributed by atoms with Crippen LogP contribution in [0.5, 0.6) is 0 Å². The van der Waals surface area contributed by atoms with Gasteiger partial charge in [-0.3, -0.25) is 19.2 Å². The van der Waals surface area contributed by atoms with Crippen molar-refractivity contribution in [2.24, 2.45) is 0 Å². The largest absolute Gasteiger partial charge is 0.463 e. The molecule has 1 aliphatic heterocycles. The van der Waals surface area contributed by atoms with Gasteiger partial charge in [0.1, 0.15) is 18.8 Å². The fourth-order valence-corrected chi connectivity index (χ4v) is 2.76. The van der Waals surface area contributed by atoms with E-state index in [0.29, 0.717) is 0 Å². The topological polar surface area (TPSA) is 138 Å². The van der Waals surface area contributed by atoms with Crippen LogP contribution in [0.3, 0.4) is 0 Å². The number of ether oxygens (including phenoxy) is 5. The van der Waals surface area contributed by atoms with Crippen LogP contribution in [0.2, 0.25) is 0 Å². The second-order valence-electron chi connectivity index (χ2n) is 5.93. The van der Waals surface area contributed by atoms with Crippen LogP contribution in [0.4, 0.5) is 0 Å². The molecular formula is C17H23NO9. The summed E-state index contributed by atoms with van der Waals surface area (Å²) in [6.45, 7) is 4.38. The van der Waals surface area contributed by atoms with Crippen molar-refractivity contribution in [2.75, 3.05) is 6.61 Å². The number of nitriles is 1. The quantitative estimate of drug-likeness (QED) is 0.447. The van der Waals surface area contributed by atoms with Crippen LogP contribution in [0.15, 0.2) is 0 Å². The van der Waals surface area contributed by atoms with Gasteiger partial charge in [-0.15, -0.1) is 0 Å². The molecule has 0 bridgehead atoms. The third kappa shape index (κ3) is 7.22. The molecule has 0 amide bonds. The van der Waals surface area contributed by atoms with Crippen molar-refractivity contribution in [3.63, 3.8) is 0 Å². The first kappa shape index (κ1) is 22.4. The molecule has 0 saturated carbocycles. The number of rotatable bonds is 7. The summed E-state index contributed by atoms with van der Waals surface area (Å²) in [4.78, 5) is 45.8. The molecule has 1 rings (SSSR count). The summed E-state index contributed by atoms with van der Waals surface area (Å²) in [5.74, 6) is -2.63. The minimum atomic E-state index is -1.19. The molecule has 0 aromatic rings. The molecule has 1 saturated heterocycles. The molecule has 0 aromatic carbocycles. The SMILES string of the molecule is CC(=O)OC[C@@H]1O[C@@H](CCC#N)[C@@H](OC(C)=O)[C@@H](OC(C)=O)[C@H]1OC(C)=O. The Morgan fingerprint density at radius 3 is 1.74 bits per heavy atom. The van der Waals surface area contributed by atoms with E-state index >= 15 is 0 Å². The summed E-state index contributed by atoms with van der Waals surface area (Å²) in [5, 5.41) is 8.85. The van der Waals surface area contributed by atoms with Crippen LogP contribution >= 0.6 is 0 Å². The Hall–Kier alpha value is -2.67. The summed E-state index contributed by atoms with van der Waals surface area (Å²) in [6, 6.07) is 1.95. The molecule has 27 heavy (non-hydrogen) atoms. The van der Waals surface area contributed by atoms with E-state index < -0.39 is 54.4 Å². The lowest BCUT2D eigenvalue weighted by molar-refractivity contribution is -0.253. The Balaban J connectivity index is 3.25. The van der Waals surface area contributed by atoms with Gasteiger partial charge in [-0.25, -0.2) is 0 Å². The lowest BCUT2D eigenvalue weighted by Crippen LogP contribution is -2.62. The van der Waals surface area contributed by atoms with E-state index in [1.165, 1.54) is 6.92 Å². The molecule has 0 aliphatic carbocycles. The lowest BCUT2D eigenvalue weighted by Gasteiger charge is -2.44. The van der Waals surface area contributed by atoms with Crippen LogP contribution in [0.25, 0.3) is 0 Å². The van der Waals surface area contributed by atoms with E-state index in [0.717, 1.165) is 20.8 Å². The van der Waals surface area contributed by atoms with Gasteiger partial charge >= 0.3 is 23.9 Å². The third-order valence-corrected chi connectivity index (χ3v) is 3.63. The monoisotopic (exact) mass is 385 g/mol. The van der Waals surface area contributed by atoms with Crippen molar-refractivity contribution in [3.8, 4) is 6.07 Å². The minimum Gasteiger partial charge on any atom is -0.463 e. The molecule has 1 heterocycles. The summed E-state index contributed by atoms with van der Waals surface area (Å²) in [6.07, 6.45) is -5.02. The maximum Gasteiger partial charge on any atom is 0.303 e. The fraction of sp³-hybridized carbons (Fsp3) is 0.706. The van der Waals surface area contributed by atoms with Crippen LogP contribution in [0, 0.1) is 11.3 Å². The molecule has 5 atom stereocenters. The van der Waals surface area contributed by atoms with E-state index in [2.05, 4.69) is 0 Å². The van der Waals surface area contributed by atoms with Gasteiger partial charge in [0.25, 0.3) is 0 Å². The van der Waals surface area contributed by atoms with Gasteiger partial charge in [0.2, 0.25) is 0 Å². The average Bonchev–Trinajstić information content (AvgIpc) is 2.54. The van der Waals surface area contributed by atoms with E-state index in [4.69, 9.17) is 28.9 Å². The summed E-state index contributed by atoms with van der Waals surface area (Å²) >= 11 is 0. The number of carbonyl (C=O) groups is 4. The fourth-order valence-electron chi connectivity index (χ4n) is 2.76. The molecular weight excluding hydrogens is 362 g/mol. The predicted molar refractivity (Wildman–Crippen MR) is 86.8 cm³/mol. The Kier molecular flexibility index (Phi) is 8.68. The smallest absolute Gasteiger partial charge is 0.303 e. The molecule has 150 valence electrons. The van der Waals surface area contributed by atoms with Crippen LogP contribution in [-0.2, 0) is 42.9 Å². The van der Waals surface area contributed by atoms with Gasteiger partial charge in [0.15, 0.2) is 18.3 Å². The molecule has 1 fully saturated rings. The minimum absolute atomic E-state index is 0.0771. The Morgan fingerprint density at radius 2 is 1.30 bits per heavy atom. The molecule has 0 spiro atoms. The maximum absolute atomic E-state index is 11.6. The maximum atomic E-state index is 11.6. The standard InChI is InChI=1S/C17H23NO9/c1-9(19)23-8-14-16(25-11(3)21)17(26-12(4)22)15(24-10(2)20)13(27-14)6-5-7-18/h13-17H,5-6,8H2,1-4H3/t13-,14-,15+,16-,17+/m0/s1. The zero-order valence-corrected chi connectivity index (χ0v) is 15.6. The van der Waals surface area contributed by atoms with Crippen molar-refractivity contribution < 1.29 is 42.9 Å². The first-order chi connectivity index (χ1) is 12.6. The normalized spacial score (nSPS) is 27.0. The second-order valence-corrected chi connectivity index (χ2v) is 5.93. The van der Waals surface area contributed by atoms with E-state index in [1.54, 1.807) is 0 Å². The van der Waals surface area contributed by atoms with Crippen molar-refractivity contribution in [1.29, 1.82) is 5.26 Å². The van der Waals surface area contributed by atoms with Gasteiger partial charge in [-0.1, -0.05) is 0 Å². The van der Waals surface area contributed by atoms with Gasteiger partial charge in [-0.05, 0) is 6.42 Å². The first-order valence-electron chi connectivity index (χ1n) is 8.33. The number of hydrogen-bond acceptors (Lipinski definition) is 10. The van der Waals surface area contributed by atoms with Crippen molar-refractivity contribution in [3.05, 3.63) is 0 Å². The van der Waals surface area contributed by atoms with Crippen molar-refractivity contribution in [2.45, 2.75) is 71.1 Å². The molecule has 10 nitrogen and oxygen atoms in total. The van der Waals surface area contributed by atoms with Gasteiger partial charge in [0, 0.05) is 34.1 Å². The van der Waals surface area contributed by atoms with E-state index in [9.17, 15) is 19.2 Å². The zero-order chi connectivity index (χ0) is 20.6. The highest BCUT2D eigenvalue weighted by molar-refractivity contribution is 5.68. The summed E-state index contributed by atoms with van der Waals surface area (Å²) in [7, 11) is 0. The predicted octanol–water partition coefficient (Wildman–Crippen LogP) is 0.416. The molecule has 1 aliphatic rings. The van der Waals surface area contributed by atoms with E-state index in [-0.39, 0.29) is 19.4 Å². The van der Waals surface area contributed by atoms with Crippen LogP contribution in [-0.4, -0.2) is 61.0 Å². The molecule has 0 unspecified atom stereocenters. The highest BCUT2D eigenvalue weighted by Crippen LogP contribution is 2.31. The first-order valence-corrected chi connectivity index (χ1v) is 8.33. The second kappa shape index (κ2) is 10.5. The summed E-state index contributed by atoms with van der Waals surface area (Å²) in [5.41, 5.74) is 0. The lowest BCUT2D eigenvalue weighted by atomic mass is 9.92. The van der Waals surface area contributed by atoms with Crippen molar-refractivity contribution in [1.82, 2.24) is 0 Å². The van der Waals surface area contributed by atoms with Gasteiger partial charge < -0.3 is 23.7 Å². The Morgan fingerprint density at radius 1 is 0.815 bits per heavy atom. The average molecular weight is 385 g/mol. The molecule has 0 radical (unpaired) electrons. The third-order valence-electron chi connectivity index (χ3n) is 3.63. The number of nitrogens with zero attached hydrogens (tertiary/aromatic N) is 1. The molecule has 10 heteroatoms. The van der Waals surface area contributed by atoms with Gasteiger partial charge in [0.05, 0.1) is 6.07 Å². The van der Waals surface area contributed by atoms with E-state index in [1.807, 2.05) is 6.07 Å². The highest BCUT2D eigenvalue weighted by atomic mass is 16.7. The summed E-state index contributed by atoms with van der Waals surface area (Å²) < 4.78 is 26.5. The molecule has 0 aromatic heterocycles. The van der Waals surface area contributed by atoms with Gasteiger partial charge in [-0.2, -0.15) is 5.26 Å². The zero-order valence-electron chi connectivity index (χ0n) is 15.6. The Bertz CT molecular complexity index is 612. The number of hydrogen-bond donors (Lipinski definition) is 0. The van der Waals surface area contributed by atoms with Crippen LogP contribution in [0.1, 0.15) is 40.5 Å². The Labute approximate surface area is 156 Å². The van der Waals surface area contributed by atoms with Crippen molar-refractivity contribution >= 4 is 23.9 Å². The number of esters is 4. The molecule has 0 N–H and O–H groups in total. The van der Waals surface area contributed by atoms with Crippen LogP contribution < -0.4 is 0 Å². The highest BCUT2D eigenvalue weighted by Gasteiger charge is 2.51.